The van der Waals surface area contributed by atoms with E-state index in [0.717, 1.165) is 29.6 Å². The molecule has 1 aromatic carbocycles. The number of fused-ring (bicyclic) bond motifs is 1. The highest BCUT2D eigenvalue weighted by atomic mass is 16.5. The van der Waals surface area contributed by atoms with E-state index in [0.29, 0.717) is 18.8 Å². The van der Waals surface area contributed by atoms with Crippen LogP contribution in [-0.2, 0) is 9.47 Å². The van der Waals surface area contributed by atoms with Gasteiger partial charge in [-0.25, -0.2) is 0 Å². The van der Waals surface area contributed by atoms with E-state index in [1.165, 1.54) is 0 Å². The number of benzene rings is 1. The molecule has 0 aliphatic carbocycles. The molecule has 1 aliphatic rings. The van der Waals surface area contributed by atoms with Crippen molar-refractivity contribution in [2.45, 2.75) is 12.0 Å². The van der Waals surface area contributed by atoms with Crippen molar-refractivity contribution in [2.75, 3.05) is 37.9 Å². The fraction of sp³-hybridized carbons (Fsp3) is 0.462. The molecule has 0 radical (unpaired) electrons. The number of anilines is 2. The van der Waals surface area contributed by atoms with Gasteiger partial charge in [0.2, 0.25) is 0 Å². The van der Waals surface area contributed by atoms with Gasteiger partial charge in [0, 0.05) is 32.1 Å². The maximum Gasteiger partial charge on any atom is 0.110 e. The fourth-order valence-electron chi connectivity index (χ4n) is 2.38. The van der Waals surface area contributed by atoms with Gasteiger partial charge in [0.1, 0.15) is 5.60 Å². The number of H-pyrrole nitrogens is 1. The van der Waals surface area contributed by atoms with Crippen LogP contribution in [0.5, 0.6) is 0 Å². The molecular weight excluding hydrogens is 244 g/mol. The third-order valence-electron chi connectivity index (χ3n) is 3.71. The number of nitrogens with two attached hydrogens (primary N) is 1. The Hall–Kier alpha value is -1.79. The van der Waals surface area contributed by atoms with Crippen molar-refractivity contribution in [1.82, 2.24) is 10.2 Å². The Balaban J connectivity index is 1.79. The van der Waals surface area contributed by atoms with E-state index in [1.54, 1.807) is 13.3 Å². The standard InChI is InChI=1S/C13H18N4O2/c1-18-13(2-3-19-8-13)7-15-12-5-11-9(4-10(12)14)6-16-17-11/h4-6,15H,2-3,7-8,14H2,1H3,(H,16,17). The molecule has 0 bridgehead atoms. The minimum absolute atomic E-state index is 0.255. The fourth-order valence-corrected chi connectivity index (χ4v) is 2.38. The molecule has 1 saturated heterocycles. The largest absolute Gasteiger partial charge is 0.397 e. The van der Waals surface area contributed by atoms with E-state index >= 15 is 0 Å². The van der Waals surface area contributed by atoms with Crippen molar-refractivity contribution in [1.29, 1.82) is 0 Å². The first kappa shape index (κ1) is 12.3. The second-order valence-corrected chi connectivity index (χ2v) is 4.94. The zero-order valence-electron chi connectivity index (χ0n) is 10.9. The van der Waals surface area contributed by atoms with Gasteiger partial charge in [-0.15, -0.1) is 0 Å². The molecule has 102 valence electrons. The van der Waals surface area contributed by atoms with Crippen molar-refractivity contribution in [3.63, 3.8) is 0 Å². The lowest BCUT2D eigenvalue weighted by atomic mass is 10.0. The second-order valence-electron chi connectivity index (χ2n) is 4.94. The Morgan fingerprint density at radius 1 is 1.58 bits per heavy atom. The summed E-state index contributed by atoms with van der Waals surface area (Å²) in [6, 6.07) is 3.88. The van der Waals surface area contributed by atoms with Crippen LogP contribution < -0.4 is 11.1 Å². The molecule has 0 amide bonds. The minimum atomic E-state index is -0.255. The monoisotopic (exact) mass is 262 g/mol. The number of nitrogens with one attached hydrogen (secondary N) is 2. The normalized spacial score (nSPS) is 23.0. The first-order valence-electron chi connectivity index (χ1n) is 6.32. The molecule has 1 aromatic heterocycles. The molecule has 2 aromatic rings. The molecule has 6 heteroatoms. The van der Waals surface area contributed by atoms with Gasteiger partial charge in [-0.3, -0.25) is 5.10 Å². The van der Waals surface area contributed by atoms with Gasteiger partial charge in [0.05, 0.1) is 29.7 Å². The summed E-state index contributed by atoms with van der Waals surface area (Å²) >= 11 is 0. The van der Waals surface area contributed by atoms with Crippen LogP contribution in [-0.4, -0.2) is 42.7 Å². The predicted molar refractivity (Wildman–Crippen MR) is 74.2 cm³/mol. The molecule has 1 fully saturated rings. The Morgan fingerprint density at radius 2 is 2.47 bits per heavy atom. The van der Waals surface area contributed by atoms with Gasteiger partial charge in [0.15, 0.2) is 0 Å². The van der Waals surface area contributed by atoms with Crippen LogP contribution in [0.4, 0.5) is 11.4 Å². The number of nitrogens with zero attached hydrogens (tertiary/aromatic N) is 1. The molecule has 0 spiro atoms. The number of rotatable bonds is 4. The van der Waals surface area contributed by atoms with Crippen LogP contribution in [0.1, 0.15) is 6.42 Å². The molecule has 1 atom stereocenters. The van der Waals surface area contributed by atoms with Crippen LogP contribution in [0.2, 0.25) is 0 Å². The van der Waals surface area contributed by atoms with Gasteiger partial charge < -0.3 is 20.5 Å². The third kappa shape index (κ3) is 2.24. The summed E-state index contributed by atoms with van der Waals surface area (Å²) < 4.78 is 11.0. The quantitative estimate of drug-likeness (QED) is 0.724. The molecule has 0 saturated carbocycles. The molecule has 2 heterocycles. The molecule has 6 nitrogen and oxygen atoms in total. The predicted octanol–water partition coefficient (Wildman–Crippen LogP) is 1.36. The Labute approximate surface area is 111 Å². The molecule has 1 aliphatic heterocycles. The van der Waals surface area contributed by atoms with Crippen LogP contribution in [0.15, 0.2) is 18.3 Å². The zero-order valence-corrected chi connectivity index (χ0v) is 10.9. The Bertz CT molecular complexity index is 575. The number of hydrogen-bond donors (Lipinski definition) is 3. The highest BCUT2D eigenvalue weighted by molar-refractivity contribution is 5.88. The average molecular weight is 262 g/mol. The maximum absolute atomic E-state index is 6.04. The first-order valence-corrected chi connectivity index (χ1v) is 6.32. The van der Waals surface area contributed by atoms with Crippen LogP contribution in [0.3, 0.4) is 0 Å². The van der Waals surface area contributed by atoms with Crippen molar-refractivity contribution in [2.24, 2.45) is 0 Å². The van der Waals surface area contributed by atoms with E-state index < -0.39 is 0 Å². The highest BCUT2D eigenvalue weighted by Gasteiger charge is 2.34. The van der Waals surface area contributed by atoms with E-state index in [4.69, 9.17) is 15.2 Å². The number of nitrogen functional groups attached to an aromatic ring is 1. The lowest BCUT2D eigenvalue weighted by molar-refractivity contribution is -0.00618. The molecule has 1 unspecified atom stereocenters. The summed E-state index contributed by atoms with van der Waals surface area (Å²) in [4.78, 5) is 0. The second kappa shape index (κ2) is 4.71. The number of ether oxygens (including phenoxy) is 2. The zero-order chi connectivity index (χ0) is 13.3. The topological polar surface area (TPSA) is 85.2 Å². The summed E-state index contributed by atoms with van der Waals surface area (Å²) in [7, 11) is 1.72. The van der Waals surface area contributed by atoms with E-state index in [-0.39, 0.29) is 5.60 Å². The first-order chi connectivity index (χ1) is 9.22. The number of aromatic nitrogens is 2. The van der Waals surface area contributed by atoms with E-state index in [2.05, 4.69) is 15.5 Å². The van der Waals surface area contributed by atoms with Gasteiger partial charge in [-0.1, -0.05) is 0 Å². The average Bonchev–Trinajstić information content (AvgIpc) is 3.05. The van der Waals surface area contributed by atoms with Gasteiger partial charge in [-0.2, -0.15) is 5.10 Å². The summed E-state index contributed by atoms with van der Waals surface area (Å²) in [6.07, 6.45) is 2.65. The van der Waals surface area contributed by atoms with Crippen molar-refractivity contribution < 1.29 is 9.47 Å². The highest BCUT2D eigenvalue weighted by Crippen LogP contribution is 2.27. The smallest absolute Gasteiger partial charge is 0.110 e. The van der Waals surface area contributed by atoms with Crippen LogP contribution in [0.25, 0.3) is 10.9 Å². The SMILES string of the molecule is COC1(CNc2cc3[nH]ncc3cc2N)CCOC1. The van der Waals surface area contributed by atoms with Gasteiger partial charge in [0.25, 0.3) is 0 Å². The van der Waals surface area contributed by atoms with E-state index in [9.17, 15) is 0 Å². The third-order valence-corrected chi connectivity index (χ3v) is 3.71. The van der Waals surface area contributed by atoms with Gasteiger partial charge >= 0.3 is 0 Å². The summed E-state index contributed by atoms with van der Waals surface area (Å²) in [6.45, 7) is 2.03. The number of hydrogen-bond acceptors (Lipinski definition) is 5. The molecule has 19 heavy (non-hydrogen) atoms. The molecule has 4 N–H and O–H groups in total. The Kier molecular flexibility index (Phi) is 3.04. The van der Waals surface area contributed by atoms with Crippen molar-refractivity contribution >= 4 is 22.3 Å². The molecular formula is C13H18N4O2. The lowest BCUT2D eigenvalue weighted by Crippen LogP contribution is -2.39. The van der Waals surface area contributed by atoms with Crippen LogP contribution in [0, 0.1) is 0 Å². The van der Waals surface area contributed by atoms with E-state index in [1.807, 2.05) is 12.1 Å². The van der Waals surface area contributed by atoms with Crippen molar-refractivity contribution in [3.05, 3.63) is 18.3 Å². The molecule has 3 rings (SSSR count). The maximum atomic E-state index is 6.04. The van der Waals surface area contributed by atoms with Crippen molar-refractivity contribution in [3.8, 4) is 0 Å². The number of methoxy groups -OCH3 is 1. The summed E-state index contributed by atoms with van der Waals surface area (Å²) in [5, 5.41) is 11.3. The number of aromatic amines is 1. The van der Waals surface area contributed by atoms with Crippen LogP contribution >= 0.6 is 0 Å². The summed E-state index contributed by atoms with van der Waals surface area (Å²) in [5.74, 6) is 0. The van der Waals surface area contributed by atoms with Gasteiger partial charge in [-0.05, 0) is 12.1 Å². The minimum Gasteiger partial charge on any atom is -0.397 e. The summed E-state index contributed by atoms with van der Waals surface area (Å²) in [5.41, 5.74) is 8.34. The lowest BCUT2D eigenvalue weighted by Gasteiger charge is -2.26. The Morgan fingerprint density at radius 3 is 3.21 bits per heavy atom.